The van der Waals surface area contributed by atoms with Crippen molar-refractivity contribution in [3.8, 4) is 5.88 Å². The number of ether oxygens (including phenoxy) is 1. The van der Waals surface area contributed by atoms with E-state index in [1.54, 1.807) is 46.0 Å². The number of hydrogen-bond donors (Lipinski definition) is 1. The van der Waals surface area contributed by atoms with E-state index in [2.05, 4.69) is 15.2 Å². The van der Waals surface area contributed by atoms with E-state index in [1.165, 1.54) is 14.9 Å². The number of aryl methyl sites for hydroxylation is 3. The van der Waals surface area contributed by atoms with Crippen molar-refractivity contribution in [1.82, 2.24) is 23.9 Å². The zero-order valence-corrected chi connectivity index (χ0v) is 25.8. The van der Waals surface area contributed by atoms with Crippen LogP contribution in [0.1, 0.15) is 78.2 Å². The molecule has 10 nitrogen and oxygen atoms in total. The van der Waals surface area contributed by atoms with Gasteiger partial charge in [-0.3, -0.25) is 9.20 Å². The third-order valence-corrected chi connectivity index (χ3v) is 10.7. The highest BCUT2D eigenvalue weighted by atomic mass is 32.2. The quantitative estimate of drug-likeness (QED) is 0.292. The Kier molecular flexibility index (Phi) is 7.04. The molecule has 4 heterocycles. The molecule has 44 heavy (non-hydrogen) atoms. The smallest absolute Gasteiger partial charge is 0.310 e. The van der Waals surface area contributed by atoms with E-state index in [0.717, 1.165) is 5.56 Å². The van der Waals surface area contributed by atoms with E-state index in [1.807, 2.05) is 25.1 Å². The number of carboxylic acid groups (broad SMARTS) is 1. The molecule has 3 aromatic heterocycles. The van der Waals surface area contributed by atoms with Crippen molar-refractivity contribution < 1.29 is 31.8 Å². The second kappa shape index (κ2) is 10.3. The van der Waals surface area contributed by atoms with Crippen LogP contribution in [0, 0.1) is 26.2 Å². The minimum absolute atomic E-state index is 0.0281. The van der Waals surface area contributed by atoms with E-state index in [0.29, 0.717) is 40.7 Å². The highest BCUT2D eigenvalue weighted by molar-refractivity contribution is 7.89. The molecule has 0 saturated heterocycles. The molecule has 1 fully saturated rings. The number of nitrogens with zero attached hydrogens (tertiary/aromatic N) is 5. The molecule has 232 valence electrons. The standard InChI is InChI=1S/C31H33F2N5O5S/c1-17-12-23-28(34-14-17)43-31(9-10-31)16-37(44(23,41)42)15-21-13-20(7-6-18(21)2)24(30(4,5)29(39)40)22-8-11-38-26(19(22)3)35-36-27(38)25(32)33/h6-8,11-14,24-25H,9-10,15-16H2,1-5H3,(H,39,40)/t24-/m0/s1. The summed E-state index contributed by atoms with van der Waals surface area (Å²) in [6.07, 6.45) is 1.61. The summed E-state index contributed by atoms with van der Waals surface area (Å²) in [4.78, 5) is 17.0. The average Bonchev–Trinajstić information content (AvgIpc) is 3.57. The highest BCUT2D eigenvalue weighted by Gasteiger charge is 2.52. The Morgan fingerprint density at radius 3 is 2.52 bits per heavy atom. The second-order valence-electron chi connectivity index (χ2n) is 12.5. The predicted molar refractivity (Wildman–Crippen MR) is 156 cm³/mol. The molecule has 0 bridgehead atoms. The minimum atomic E-state index is -3.98. The highest BCUT2D eigenvalue weighted by Crippen LogP contribution is 2.47. The minimum Gasteiger partial charge on any atom is -0.481 e. The van der Waals surface area contributed by atoms with Crippen LogP contribution in [0.2, 0.25) is 0 Å². The van der Waals surface area contributed by atoms with Crippen molar-refractivity contribution in [3.05, 3.63) is 81.9 Å². The van der Waals surface area contributed by atoms with Crippen LogP contribution in [-0.4, -0.2) is 55.5 Å². The molecular weight excluding hydrogens is 592 g/mol. The van der Waals surface area contributed by atoms with Crippen LogP contribution in [0.25, 0.3) is 5.65 Å². The first-order valence-electron chi connectivity index (χ1n) is 14.3. The lowest BCUT2D eigenvalue weighted by Crippen LogP contribution is -2.38. The van der Waals surface area contributed by atoms with Gasteiger partial charge in [0.05, 0.1) is 12.0 Å². The molecule has 1 spiro atoms. The number of aromatic nitrogens is 4. The number of hydrogen-bond acceptors (Lipinski definition) is 7. The van der Waals surface area contributed by atoms with Gasteiger partial charge in [0.2, 0.25) is 21.7 Å². The van der Waals surface area contributed by atoms with Gasteiger partial charge >= 0.3 is 5.97 Å². The Labute approximate surface area is 253 Å². The van der Waals surface area contributed by atoms with Crippen molar-refractivity contribution in [3.63, 3.8) is 0 Å². The summed E-state index contributed by atoms with van der Waals surface area (Å²) in [5.41, 5.74) is 2.22. The molecule has 2 aliphatic rings. The van der Waals surface area contributed by atoms with Gasteiger partial charge in [-0.25, -0.2) is 22.2 Å². The fourth-order valence-electron chi connectivity index (χ4n) is 6.03. The Hall–Kier alpha value is -3.97. The monoisotopic (exact) mass is 625 g/mol. The summed E-state index contributed by atoms with van der Waals surface area (Å²) in [6, 6.07) is 8.73. The van der Waals surface area contributed by atoms with Gasteiger partial charge in [0.15, 0.2) is 5.65 Å². The molecule has 1 aliphatic carbocycles. The summed E-state index contributed by atoms with van der Waals surface area (Å²) in [5.74, 6) is -2.17. The van der Waals surface area contributed by atoms with E-state index in [-0.39, 0.29) is 29.5 Å². The predicted octanol–water partition coefficient (Wildman–Crippen LogP) is 5.35. The first-order valence-corrected chi connectivity index (χ1v) is 15.7. The first-order chi connectivity index (χ1) is 20.6. The molecule has 1 atom stereocenters. The van der Waals surface area contributed by atoms with Crippen LogP contribution in [-0.2, 0) is 21.4 Å². The van der Waals surface area contributed by atoms with E-state index in [9.17, 15) is 27.1 Å². The van der Waals surface area contributed by atoms with Crippen LogP contribution in [0.15, 0.2) is 47.6 Å². The molecule has 1 aromatic carbocycles. The third-order valence-electron chi connectivity index (χ3n) is 8.88. The van der Waals surface area contributed by atoms with Gasteiger partial charge < -0.3 is 9.84 Å². The Morgan fingerprint density at radius 2 is 1.86 bits per heavy atom. The normalized spacial score (nSPS) is 18.2. The van der Waals surface area contributed by atoms with E-state index in [4.69, 9.17) is 4.74 Å². The van der Waals surface area contributed by atoms with Crippen LogP contribution in [0.3, 0.4) is 0 Å². The number of benzene rings is 1. The van der Waals surface area contributed by atoms with Crippen LogP contribution in [0.4, 0.5) is 8.78 Å². The molecule has 1 saturated carbocycles. The van der Waals surface area contributed by atoms with Crippen molar-refractivity contribution in [1.29, 1.82) is 0 Å². The molecule has 13 heteroatoms. The largest absolute Gasteiger partial charge is 0.481 e. The van der Waals surface area contributed by atoms with Crippen LogP contribution < -0.4 is 4.74 Å². The fourth-order valence-corrected chi connectivity index (χ4v) is 7.67. The Morgan fingerprint density at radius 1 is 1.14 bits per heavy atom. The Balaban J connectivity index is 1.45. The maximum atomic E-state index is 14.0. The van der Waals surface area contributed by atoms with Crippen LogP contribution >= 0.6 is 0 Å². The maximum Gasteiger partial charge on any atom is 0.310 e. The lowest BCUT2D eigenvalue weighted by atomic mass is 9.70. The van der Waals surface area contributed by atoms with Crippen molar-refractivity contribution >= 4 is 21.6 Å². The average molecular weight is 626 g/mol. The van der Waals surface area contributed by atoms with E-state index >= 15 is 0 Å². The number of halogens is 2. The van der Waals surface area contributed by atoms with Crippen molar-refractivity contribution in [2.45, 2.75) is 76.8 Å². The summed E-state index contributed by atoms with van der Waals surface area (Å²) >= 11 is 0. The Bertz CT molecular complexity index is 1920. The van der Waals surface area contributed by atoms with Crippen LogP contribution in [0.5, 0.6) is 5.88 Å². The number of pyridine rings is 2. The molecule has 0 amide bonds. The topological polar surface area (TPSA) is 127 Å². The fraction of sp³-hybridized carbons (Fsp3) is 0.419. The summed E-state index contributed by atoms with van der Waals surface area (Å²) < 4.78 is 63.8. The van der Waals surface area contributed by atoms with E-state index < -0.39 is 45.2 Å². The molecule has 6 rings (SSSR count). The number of sulfonamides is 1. The summed E-state index contributed by atoms with van der Waals surface area (Å²) in [5, 5.41) is 18.0. The number of rotatable bonds is 7. The SMILES string of the molecule is Cc1cnc2c(c1)S(=O)(=O)N(Cc1cc([C@@H](c3ccn4c(C(F)F)nnc4c3C)C(C)(C)C(=O)O)ccc1C)CC1(CC1)O2. The second-order valence-corrected chi connectivity index (χ2v) is 14.4. The number of aliphatic carboxylic acids is 1. The lowest BCUT2D eigenvalue weighted by molar-refractivity contribution is -0.147. The van der Waals surface area contributed by atoms with Crippen molar-refractivity contribution in [2.24, 2.45) is 5.41 Å². The molecule has 0 radical (unpaired) electrons. The van der Waals surface area contributed by atoms with Gasteiger partial charge in [-0.2, -0.15) is 4.31 Å². The number of fused-ring (bicyclic) bond motifs is 2. The zero-order chi connectivity index (χ0) is 31.8. The van der Waals surface area contributed by atoms with Gasteiger partial charge in [0, 0.05) is 24.9 Å². The van der Waals surface area contributed by atoms with Gasteiger partial charge in [-0.15, -0.1) is 10.2 Å². The maximum absolute atomic E-state index is 14.0. The van der Waals surface area contributed by atoms with Gasteiger partial charge in [-0.05, 0) is 93.0 Å². The molecule has 0 unspecified atom stereocenters. The van der Waals surface area contributed by atoms with Crippen molar-refractivity contribution in [2.75, 3.05) is 6.54 Å². The summed E-state index contributed by atoms with van der Waals surface area (Å²) in [6.45, 7) is 8.78. The molecule has 1 aliphatic heterocycles. The van der Waals surface area contributed by atoms with Gasteiger partial charge in [0.1, 0.15) is 10.5 Å². The number of alkyl halides is 2. The number of carboxylic acids is 1. The lowest BCUT2D eigenvalue weighted by Gasteiger charge is -2.33. The summed E-state index contributed by atoms with van der Waals surface area (Å²) in [7, 11) is -3.98. The third kappa shape index (κ3) is 4.91. The molecule has 1 N–H and O–H groups in total. The number of carbonyl (C=O) groups is 1. The van der Waals surface area contributed by atoms with Gasteiger partial charge in [0.25, 0.3) is 6.43 Å². The van der Waals surface area contributed by atoms with Gasteiger partial charge in [-0.1, -0.05) is 18.2 Å². The molecule has 4 aromatic rings. The zero-order valence-electron chi connectivity index (χ0n) is 25.0. The first kappa shape index (κ1) is 30.1. The molecular formula is C31H33F2N5O5S.